The molecule has 0 aliphatic rings. The third-order valence-corrected chi connectivity index (χ3v) is 2.65. The summed E-state index contributed by atoms with van der Waals surface area (Å²) in [6.07, 6.45) is 0. The smallest absolute Gasteiger partial charge is 0.119 e. The van der Waals surface area contributed by atoms with Crippen LogP contribution in [0.15, 0.2) is 48.5 Å². The van der Waals surface area contributed by atoms with Gasteiger partial charge in [0.1, 0.15) is 18.1 Å². The molecular weight excluding hydrogens is 228 g/mol. The van der Waals surface area contributed by atoms with Crippen molar-refractivity contribution in [2.24, 2.45) is 0 Å². The molecule has 0 unspecified atom stereocenters. The van der Waals surface area contributed by atoms with E-state index >= 15 is 0 Å². The van der Waals surface area contributed by atoms with Gasteiger partial charge < -0.3 is 14.6 Å². The predicted molar refractivity (Wildman–Crippen MR) is 69.7 cm³/mol. The van der Waals surface area contributed by atoms with Gasteiger partial charge in [0.2, 0.25) is 0 Å². The molecule has 2 aromatic carbocycles. The maximum atomic E-state index is 8.94. The number of aliphatic hydroxyl groups excluding tert-OH is 1. The number of rotatable bonds is 5. The van der Waals surface area contributed by atoms with Crippen molar-refractivity contribution in [3.05, 3.63) is 59.7 Å². The van der Waals surface area contributed by atoms with Crippen LogP contribution in [0.3, 0.4) is 0 Å². The Morgan fingerprint density at radius 1 is 0.944 bits per heavy atom. The van der Waals surface area contributed by atoms with E-state index in [-0.39, 0.29) is 6.61 Å². The molecule has 2 rings (SSSR count). The maximum Gasteiger partial charge on any atom is 0.119 e. The zero-order valence-corrected chi connectivity index (χ0v) is 10.3. The van der Waals surface area contributed by atoms with Gasteiger partial charge in [-0.05, 0) is 35.4 Å². The molecular formula is C15H16O3. The zero-order chi connectivity index (χ0) is 12.8. The second-order valence-corrected chi connectivity index (χ2v) is 3.94. The van der Waals surface area contributed by atoms with Crippen LogP contribution >= 0.6 is 0 Å². The summed E-state index contributed by atoms with van der Waals surface area (Å²) in [5.74, 6) is 1.61. The average molecular weight is 244 g/mol. The standard InChI is InChI=1S/C15H16O3/c1-17-15-4-2-3-13(9-15)11-18-14-7-5-12(10-16)6-8-14/h2-9,16H,10-11H2,1H3. The van der Waals surface area contributed by atoms with Gasteiger partial charge in [-0.2, -0.15) is 0 Å². The van der Waals surface area contributed by atoms with Crippen molar-refractivity contribution in [2.45, 2.75) is 13.2 Å². The van der Waals surface area contributed by atoms with Crippen LogP contribution in [0.5, 0.6) is 11.5 Å². The van der Waals surface area contributed by atoms with Crippen molar-refractivity contribution in [1.29, 1.82) is 0 Å². The maximum absolute atomic E-state index is 8.94. The molecule has 0 aliphatic carbocycles. The van der Waals surface area contributed by atoms with Crippen LogP contribution in [-0.2, 0) is 13.2 Å². The third-order valence-electron chi connectivity index (χ3n) is 2.65. The molecule has 3 nitrogen and oxygen atoms in total. The Hall–Kier alpha value is -2.00. The lowest BCUT2D eigenvalue weighted by Gasteiger charge is -2.08. The summed E-state index contributed by atoms with van der Waals surface area (Å²) in [4.78, 5) is 0. The summed E-state index contributed by atoms with van der Waals surface area (Å²) in [6.45, 7) is 0.547. The molecule has 0 atom stereocenters. The van der Waals surface area contributed by atoms with Crippen LogP contribution in [0.2, 0.25) is 0 Å². The van der Waals surface area contributed by atoms with E-state index in [1.165, 1.54) is 0 Å². The van der Waals surface area contributed by atoms with Crippen molar-refractivity contribution in [2.75, 3.05) is 7.11 Å². The highest BCUT2D eigenvalue weighted by Crippen LogP contribution is 2.17. The molecule has 0 saturated heterocycles. The minimum absolute atomic E-state index is 0.0518. The van der Waals surface area contributed by atoms with Gasteiger partial charge in [-0.3, -0.25) is 0 Å². The molecule has 0 amide bonds. The third kappa shape index (κ3) is 3.25. The molecule has 0 spiro atoms. The van der Waals surface area contributed by atoms with Gasteiger partial charge in [-0.15, -0.1) is 0 Å². The van der Waals surface area contributed by atoms with Gasteiger partial charge in [-0.1, -0.05) is 24.3 Å². The molecule has 0 bridgehead atoms. The first-order valence-electron chi connectivity index (χ1n) is 5.77. The van der Waals surface area contributed by atoms with E-state index in [2.05, 4.69) is 0 Å². The number of ether oxygens (including phenoxy) is 2. The molecule has 0 saturated carbocycles. The number of aliphatic hydroxyl groups is 1. The van der Waals surface area contributed by atoms with Gasteiger partial charge in [0, 0.05) is 0 Å². The minimum Gasteiger partial charge on any atom is -0.497 e. The Bertz CT molecular complexity index is 491. The van der Waals surface area contributed by atoms with E-state index in [9.17, 15) is 0 Å². The number of methoxy groups -OCH3 is 1. The Balaban J connectivity index is 1.97. The van der Waals surface area contributed by atoms with Crippen molar-refractivity contribution in [3.63, 3.8) is 0 Å². The average Bonchev–Trinajstić information content (AvgIpc) is 2.46. The van der Waals surface area contributed by atoms with Crippen LogP contribution in [0.4, 0.5) is 0 Å². The lowest BCUT2D eigenvalue weighted by atomic mass is 10.2. The summed E-state index contributed by atoms with van der Waals surface area (Å²) in [7, 11) is 1.65. The van der Waals surface area contributed by atoms with Crippen LogP contribution in [0.1, 0.15) is 11.1 Å². The quantitative estimate of drug-likeness (QED) is 0.879. The van der Waals surface area contributed by atoms with E-state index in [1.807, 2.05) is 48.5 Å². The fourth-order valence-electron chi connectivity index (χ4n) is 1.62. The fraction of sp³-hybridized carbons (Fsp3) is 0.200. The van der Waals surface area contributed by atoms with E-state index < -0.39 is 0 Å². The zero-order valence-electron chi connectivity index (χ0n) is 10.3. The van der Waals surface area contributed by atoms with Gasteiger partial charge in [0.25, 0.3) is 0 Å². The van der Waals surface area contributed by atoms with E-state index in [0.29, 0.717) is 6.61 Å². The minimum atomic E-state index is 0.0518. The van der Waals surface area contributed by atoms with Gasteiger partial charge in [0.05, 0.1) is 13.7 Å². The lowest BCUT2D eigenvalue weighted by molar-refractivity contribution is 0.280. The first kappa shape index (κ1) is 12.5. The van der Waals surface area contributed by atoms with E-state index in [1.54, 1.807) is 7.11 Å². The molecule has 3 heteroatoms. The van der Waals surface area contributed by atoms with Gasteiger partial charge >= 0.3 is 0 Å². The highest BCUT2D eigenvalue weighted by atomic mass is 16.5. The molecule has 0 heterocycles. The number of hydrogen-bond donors (Lipinski definition) is 1. The van der Waals surface area contributed by atoms with Crippen molar-refractivity contribution >= 4 is 0 Å². The largest absolute Gasteiger partial charge is 0.497 e. The molecule has 1 N–H and O–H groups in total. The summed E-state index contributed by atoms with van der Waals surface area (Å²) >= 11 is 0. The van der Waals surface area contributed by atoms with E-state index in [4.69, 9.17) is 14.6 Å². The monoisotopic (exact) mass is 244 g/mol. The van der Waals surface area contributed by atoms with E-state index in [0.717, 1.165) is 22.6 Å². The number of benzene rings is 2. The Labute approximate surface area is 107 Å². The van der Waals surface area contributed by atoms with Crippen LogP contribution in [0, 0.1) is 0 Å². The molecule has 18 heavy (non-hydrogen) atoms. The Morgan fingerprint density at radius 2 is 1.72 bits per heavy atom. The summed E-state index contributed by atoms with van der Waals surface area (Å²) in [5.41, 5.74) is 1.93. The second-order valence-electron chi connectivity index (χ2n) is 3.94. The summed E-state index contributed by atoms with van der Waals surface area (Å²) < 4.78 is 10.8. The Kier molecular flexibility index (Phi) is 4.20. The SMILES string of the molecule is COc1cccc(COc2ccc(CO)cc2)c1. The molecule has 0 aliphatic heterocycles. The summed E-state index contributed by atoms with van der Waals surface area (Å²) in [5, 5.41) is 8.94. The second kappa shape index (κ2) is 6.07. The molecule has 94 valence electrons. The predicted octanol–water partition coefficient (Wildman–Crippen LogP) is 2.77. The number of hydrogen-bond acceptors (Lipinski definition) is 3. The highest BCUT2D eigenvalue weighted by Gasteiger charge is 1.98. The molecule has 2 aromatic rings. The van der Waals surface area contributed by atoms with Crippen LogP contribution in [-0.4, -0.2) is 12.2 Å². The fourth-order valence-corrected chi connectivity index (χ4v) is 1.62. The van der Waals surface area contributed by atoms with Crippen LogP contribution < -0.4 is 9.47 Å². The van der Waals surface area contributed by atoms with Crippen molar-refractivity contribution in [1.82, 2.24) is 0 Å². The first-order chi connectivity index (χ1) is 8.81. The Morgan fingerprint density at radius 3 is 2.39 bits per heavy atom. The topological polar surface area (TPSA) is 38.7 Å². The lowest BCUT2D eigenvalue weighted by Crippen LogP contribution is -1.96. The van der Waals surface area contributed by atoms with Crippen LogP contribution in [0.25, 0.3) is 0 Å². The van der Waals surface area contributed by atoms with Gasteiger partial charge in [-0.25, -0.2) is 0 Å². The molecule has 0 radical (unpaired) electrons. The van der Waals surface area contributed by atoms with Crippen molar-refractivity contribution < 1.29 is 14.6 Å². The first-order valence-corrected chi connectivity index (χ1v) is 5.77. The van der Waals surface area contributed by atoms with Gasteiger partial charge in [0.15, 0.2) is 0 Å². The molecule has 0 fully saturated rings. The highest BCUT2D eigenvalue weighted by molar-refractivity contribution is 5.30. The van der Waals surface area contributed by atoms with Crippen molar-refractivity contribution in [3.8, 4) is 11.5 Å². The molecule has 0 aromatic heterocycles. The summed E-state index contributed by atoms with van der Waals surface area (Å²) in [6, 6.07) is 15.2. The normalized spacial score (nSPS) is 10.1.